The van der Waals surface area contributed by atoms with Crippen LogP contribution in [0.4, 0.5) is 13.2 Å². The lowest BCUT2D eigenvalue weighted by molar-refractivity contribution is -0.159. The SMILES string of the molecule is COC(=O)C(C)(I)CC(F)(F)F. The van der Waals surface area contributed by atoms with Gasteiger partial charge in [-0.25, -0.2) is 0 Å². The van der Waals surface area contributed by atoms with Crippen LogP contribution in [-0.2, 0) is 9.53 Å². The number of alkyl halides is 4. The molecule has 0 aliphatic carbocycles. The van der Waals surface area contributed by atoms with Crippen molar-refractivity contribution >= 4 is 28.6 Å². The van der Waals surface area contributed by atoms with Crippen molar-refractivity contribution < 1.29 is 22.7 Å². The fraction of sp³-hybridized carbons (Fsp3) is 0.833. The van der Waals surface area contributed by atoms with E-state index in [0.29, 0.717) is 0 Å². The molecule has 0 radical (unpaired) electrons. The third-order valence-corrected chi connectivity index (χ3v) is 1.97. The first-order chi connectivity index (χ1) is 5.19. The van der Waals surface area contributed by atoms with Gasteiger partial charge in [-0.3, -0.25) is 4.79 Å². The van der Waals surface area contributed by atoms with Gasteiger partial charge in [-0.05, 0) is 6.92 Å². The van der Waals surface area contributed by atoms with Crippen molar-refractivity contribution in [1.82, 2.24) is 0 Å². The molecule has 0 aliphatic rings. The molecule has 0 rings (SSSR count). The van der Waals surface area contributed by atoms with Crippen LogP contribution < -0.4 is 0 Å². The molecule has 12 heavy (non-hydrogen) atoms. The molecule has 0 aromatic carbocycles. The lowest BCUT2D eigenvalue weighted by atomic mass is 10.1. The number of carbonyl (C=O) groups excluding carboxylic acids is 1. The number of hydrogen-bond donors (Lipinski definition) is 0. The Labute approximate surface area is 81.6 Å². The van der Waals surface area contributed by atoms with Gasteiger partial charge >= 0.3 is 12.1 Å². The van der Waals surface area contributed by atoms with E-state index in [-0.39, 0.29) is 0 Å². The Balaban J connectivity index is 4.32. The van der Waals surface area contributed by atoms with Crippen molar-refractivity contribution in [2.24, 2.45) is 0 Å². The van der Waals surface area contributed by atoms with Crippen molar-refractivity contribution in [3.05, 3.63) is 0 Å². The summed E-state index contributed by atoms with van der Waals surface area (Å²) in [5.74, 6) is -0.861. The molecule has 0 aromatic heterocycles. The van der Waals surface area contributed by atoms with E-state index in [1.165, 1.54) is 29.5 Å². The number of esters is 1. The molecular formula is C6H8F3IO2. The molecule has 0 aromatic rings. The molecule has 1 unspecified atom stereocenters. The average Bonchev–Trinajstić information content (AvgIpc) is 1.80. The lowest BCUT2D eigenvalue weighted by Crippen LogP contribution is -2.34. The Morgan fingerprint density at radius 1 is 1.50 bits per heavy atom. The van der Waals surface area contributed by atoms with Gasteiger partial charge in [-0.15, -0.1) is 0 Å². The first-order valence-electron chi connectivity index (χ1n) is 3.03. The van der Waals surface area contributed by atoms with Crippen LogP contribution in [0.15, 0.2) is 0 Å². The molecular weight excluding hydrogens is 288 g/mol. The number of halogens is 4. The number of ether oxygens (including phenoxy) is 1. The van der Waals surface area contributed by atoms with E-state index in [4.69, 9.17) is 0 Å². The zero-order valence-electron chi connectivity index (χ0n) is 6.54. The van der Waals surface area contributed by atoms with E-state index in [1.54, 1.807) is 0 Å². The Morgan fingerprint density at radius 3 is 2.17 bits per heavy atom. The molecule has 72 valence electrons. The third-order valence-electron chi connectivity index (χ3n) is 1.14. The molecule has 0 bridgehead atoms. The predicted octanol–water partition coefficient (Wildman–Crippen LogP) is 2.31. The number of carbonyl (C=O) groups is 1. The van der Waals surface area contributed by atoms with E-state index in [1.807, 2.05) is 0 Å². The maximum absolute atomic E-state index is 11.8. The van der Waals surface area contributed by atoms with E-state index >= 15 is 0 Å². The summed E-state index contributed by atoms with van der Waals surface area (Å²) in [7, 11) is 1.07. The maximum Gasteiger partial charge on any atom is 0.390 e. The van der Waals surface area contributed by atoms with Gasteiger partial charge in [-0.1, -0.05) is 22.6 Å². The molecule has 0 amide bonds. The quantitative estimate of drug-likeness (QED) is 0.444. The second-order valence-electron chi connectivity index (χ2n) is 2.48. The Bertz CT molecular complexity index is 176. The summed E-state index contributed by atoms with van der Waals surface area (Å²) in [6, 6.07) is 0. The summed E-state index contributed by atoms with van der Waals surface area (Å²) >= 11 is 1.43. The van der Waals surface area contributed by atoms with Gasteiger partial charge in [0.2, 0.25) is 0 Å². The summed E-state index contributed by atoms with van der Waals surface area (Å²) in [6.45, 7) is 1.19. The van der Waals surface area contributed by atoms with Crippen LogP contribution in [0.3, 0.4) is 0 Å². The summed E-state index contributed by atoms with van der Waals surface area (Å²) in [6.07, 6.45) is -5.52. The van der Waals surface area contributed by atoms with Crippen molar-refractivity contribution in [2.45, 2.75) is 22.9 Å². The highest BCUT2D eigenvalue weighted by atomic mass is 127. The van der Waals surface area contributed by atoms with Gasteiger partial charge in [0.05, 0.1) is 13.5 Å². The van der Waals surface area contributed by atoms with Crippen LogP contribution >= 0.6 is 22.6 Å². The minimum Gasteiger partial charge on any atom is -0.468 e. The van der Waals surface area contributed by atoms with Gasteiger partial charge in [0.25, 0.3) is 0 Å². The monoisotopic (exact) mass is 296 g/mol. The topological polar surface area (TPSA) is 26.3 Å². The number of hydrogen-bond acceptors (Lipinski definition) is 2. The van der Waals surface area contributed by atoms with Crippen molar-refractivity contribution in [3.8, 4) is 0 Å². The van der Waals surface area contributed by atoms with Crippen molar-refractivity contribution in [1.29, 1.82) is 0 Å². The Hall–Kier alpha value is -0.0100. The van der Waals surface area contributed by atoms with Crippen LogP contribution in [0.1, 0.15) is 13.3 Å². The van der Waals surface area contributed by atoms with Gasteiger partial charge in [0, 0.05) is 0 Å². The van der Waals surface area contributed by atoms with E-state index in [2.05, 4.69) is 4.74 Å². The first kappa shape index (κ1) is 12.0. The van der Waals surface area contributed by atoms with Gasteiger partial charge < -0.3 is 4.74 Å². The average molecular weight is 296 g/mol. The largest absolute Gasteiger partial charge is 0.468 e. The molecule has 0 fully saturated rings. The third kappa shape index (κ3) is 4.13. The predicted molar refractivity (Wildman–Crippen MR) is 45.1 cm³/mol. The van der Waals surface area contributed by atoms with Gasteiger partial charge in [-0.2, -0.15) is 13.2 Å². The normalized spacial score (nSPS) is 16.8. The summed E-state index contributed by atoms with van der Waals surface area (Å²) < 4.78 is 38.2. The fourth-order valence-electron chi connectivity index (χ4n) is 0.661. The molecule has 0 N–H and O–H groups in total. The summed E-state index contributed by atoms with van der Waals surface area (Å²) in [5.41, 5.74) is 0. The van der Waals surface area contributed by atoms with Gasteiger partial charge in [0.1, 0.15) is 3.42 Å². The number of methoxy groups -OCH3 is 1. The van der Waals surface area contributed by atoms with Crippen LogP contribution in [0.2, 0.25) is 0 Å². The number of rotatable bonds is 2. The molecule has 0 saturated carbocycles. The van der Waals surface area contributed by atoms with Crippen LogP contribution in [0.25, 0.3) is 0 Å². The Morgan fingerprint density at radius 2 is 1.92 bits per heavy atom. The highest BCUT2D eigenvalue weighted by molar-refractivity contribution is 14.1. The van der Waals surface area contributed by atoms with Crippen molar-refractivity contribution in [3.63, 3.8) is 0 Å². The van der Waals surface area contributed by atoms with Crippen LogP contribution in [0, 0.1) is 0 Å². The maximum atomic E-state index is 11.8. The summed E-state index contributed by atoms with van der Waals surface area (Å²) in [4.78, 5) is 10.8. The molecule has 0 saturated heterocycles. The standard InChI is InChI=1S/C6H8F3IO2/c1-5(10,4(11)12-2)3-6(7,8)9/h3H2,1-2H3. The molecule has 0 spiro atoms. The summed E-state index contributed by atoms with van der Waals surface area (Å²) in [5, 5.41) is 0. The lowest BCUT2D eigenvalue weighted by Gasteiger charge is -2.20. The van der Waals surface area contributed by atoms with Crippen LogP contribution in [-0.4, -0.2) is 22.7 Å². The highest BCUT2D eigenvalue weighted by Gasteiger charge is 2.43. The molecule has 6 heteroatoms. The van der Waals surface area contributed by atoms with E-state index in [0.717, 1.165) is 7.11 Å². The molecule has 2 nitrogen and oxygen atoms in total. The van der Waals surface area contributed by atoms with Crippen LogP contribution in [0.5, 0.6) is 0 Å². The molecule has 0 aliphatic heterocycles. The zero-order chi connectivity index (χ0) is 9.99. The smallest absolute Gasteiger partial charge is 0.390 e. The van der Waals surface area contributed by atoms with Gasteiger partial charge in [0.15, 0.2) is 0 Å². The second kappa shape index (κ2) is 3.80. The van der Waals surface area contributed by atoms with E-state index in [9.17, 15) is 18.0 Å². The van der Waals surface area contributed by atoms with Crippen molar-refractivity contribution in [2.75, 3.05) is 7.11 Å². The zero-order valence-corrected chi connectivity index (χ0v) is 8.69. The minimum absolute atomic E-state index is 0.861. The molecule has 0 heterocycles. The minimum atomic E-state index is -4.34. The first-order valence-corrected chi connectivity index (χ1v) is 4.11. The fourth-order valence-corrected chi connectivity index (χ4v) is 1.31. The Kier molecular flexibility index (Phi) is 3.80. The highest BCUT2D eigenvalue weighted by Crippen LogP contribution is 2.34. The molecule has 1 atom stereocenters. The van der Waals surface area contributed by atoms with E-state index < -0.39 is 22.0 Å². The second-order valence-corrected chi connectivity index (χ2v) is 4.86.